The van der Waals surface area contributed by atoms with Gasteiger partial charge in [0.1, 0.15) is 23.1 Å². The summed E-state index contributed by atoms with van der Waals surface area (Å²) < 4.78 is 32.7. The van der Waals surface area contributed by atoms with Gasteiger partial charge in [-0.1, -0.05) is 13.8 Å². The van der Waals surface area contributed by atoms with Crippen LogP contribution in [-0.4, -0.2) is 53.3 Å². The zero-order chi connectivity index (χ0) is 19.8. The third-order valence-electron chi connectivity index (χ3n) is 6.31. The van der Waals surface area contributed by atoms with Gasteiger partial charge in [0, 0.05) is 11.8 Å². The van der Waals surface area contributed by atoms with Crippen LogP contribution in [0.3, 0.4) is 0 Å². The second-order valence-electron chi connectivity index (χ2n) is 8.27. The molecule has 0 radical (unpaired) electrons. The predicted molar refractivity (Wildman–Crippen MR) is 100 cm³/mol. The average molecular weight is 405 g/mol. The van der Waals surface area contributed by atoms with Crippen molar-refractivity contribution in [1.82, 2.24) is 0 Å². The Morgan fingerprint density at radius 3 is 2.19 bits per heavy atom. The molecule has 1 saturated heterocycles. The number of carbonyl (C=O) groups is 3. The summed E-state index contributed by atoms with van der Waals surface area (Å²) in [6.07, 6.45) is 3.29. The van der Waals surface area contributed by atoms with Crippen molar-refractivity contribution in [3.63, 3.8) is 0 Å². The molecule has 2 aliphatic carbocycles. The van der Waals surface area contributed by atoms with E-state index in [2.05, 4.69) is 0 Å². The number of ketones is 3. The quantitative estimate of drug-likeness (QED) is 0.519. The Bertz CT molecular complexity index is 686. The maximum atomic E-state index is 11.8. The minimum absolute atomic E-state index is 0.0248. The summed E-state index contributed by atoms with van der Waals surface area (Å²) in [5.74, 6) is 2.97. The molecule has 148 valence electrons. The Labute approximate surface area is 158 Å². The van der Waals surface area contributed by atoms with Crippen molar-refractivity contribution < 1.29 is 27.4 Å². The molecule has 3 rings (SSSR count). The number of Topliss-reactive ketones (excluding diaryl/α,β-unsaturated/α-hetero) is 3. The molecule has 8 heteroatoms. The fraction of sp³-hybridized carbons (Fsp3) is 0.833. The van der Waals surface area contributed by atoms with Gasteiger partial charge in [-0.15, -0.1) is 0 Å². The summed E-state index contributed by atoms with van der Waals surface area (Å²) in [6.45, 7) is 5.46. The van der Waals surface area contributed by atoms with E-state index < -0.39 is 21.3 Å². The molecule has 1 aliphatic heterocycles. The van der Waals surface area contributed by atoms with Crippen LogP contribution in [-0.2, 0) is 35.4 Å². The Balaban J connectivity index is 0.000000197. The lowest BCUT2D eigenvalue weighted by molar-refractivity contribution is -0.128. The predicted octanol–water partition coefficient (Wildman–Crippen LogP) is 1.48. The van der Waals surface area contributed by atoms with Crippen LogP contribution in [0.25, 0.3) is 0 Å². The second-order valence-corrected chi connectivity index (χ2v) is 12.0. The molecule has 3 aliphatic rings. The van der Waals surface area contributed by atoms with Crippen LogP contribution < -0.4 is 0 Å². The Kier molecular flexibility index (Phi) is 6.40. The zero-order valence-electron chi connectivity index (χ0n) is 15.7. The maximum absolute atomic E-state index is 11.8. The molecule has 0 aromatic rings. The van der Waals surface area contributed by atoms with Gasteiger partial charge in [-0.2, -0.15) is 0 Å². The van der Waals surface area contributed by atoms with Gasteiger partial charge in [-0.05, 0) is 42.0 Å². The van der Waals surface area contributed by atoms with Gasteiger partial charge in [-0.25, -0.2) is 8.42 Å². The van der Waals surface area contributed by atoms with E-state index >= 15 is 0 Å². The van der Waals surface area contributed by atoms with Crippen molar-refractivity contribution in [3.05, 3.63) is 0 Å². The number of rotatable bonds is 4. The van der Waals surface area contributed by atoms with Gasteiger partial charge in [-0.3, -0.25) is 14.4 Å². The van der Waals surface area contributed by atoms with Crippen LogP contribution in [0.4, 0.5) is 0 Å². The fourth-order valence-electron chi connectivity index (χ4n) is 4.59. The van der Waals surface area contributed by atoms with Crippen LogP contribution in [0.2, 0.25) is 0 Å². The number of hydrogen-bond acceptors (Lipinski definition) is 6. The molecule has 0 amide bonds. The molecule has 2 unspecified atom stereocenters. The highest BCUT2D eigenvalue weighted by atomic mass is 32.2. The van der Waals surface area contributed by atoms with Crippen LogP contribution in [0.15, 0.2) is 0 Å². The van der Waals surface area contributed by atoms with E-state index in [9.17, 15) is 27.4 Å². The number of carbonyl (C=O) groups excluding carboxylic acids is 3. The smallest absolute Gasteiger partial charge is 0.178 e. The standard InChI is InChI=1S/C10H16O4S.C8H13O2S/c1-9(2)7-3-4-10(9,8(11)5-7)6-15(12,13)14;1-7(9)6-11-4-2-8(10)3-5-11/h7H,3-6H2,1-2H3,(H,12,13,14);2-6H2,1H3/q;+1/p-1. The monoisotopic (exact) mass is 404 g/mol. The Hall–Kier alpha value is -0.730. The molecule has 0 aromatic carbocycles. The first-order chi connectivity index (χ1) is 11.9. The summed E-state index contributed by atoms with van der Waals surface area (Å²) >= 11 is 0. The zero-order valence-corrected chi connectivity index (χ0v) is 17.3. The molecule has 26 heavy (non-hydrogen) atoms. The minimum atomic E-state index is -4.33. The van der Waals surface area contributed by atoms with Crippen molar-refractivity contribution in [2.75, 3.05) is 23.0 Å². The summed E-state index contributed by atoms with van der Waals surface area (Å²) in [5, 5.41) is 0. The lowest BCUT2D eigenvalue weighted by atomic mass is 9.70. The van der Waals surface area contributed by atoms with Crippen molar-refractivity contribution in [2.24, 2.45) is 16.7 Å². The molecule has 0 spiro atoms. The Morgan fingerprint density at radius 1 is 1.23 bits per heavy atom. The first-order valence-corrected chi connectivity index (χ1v) is 12.3. The minimum Gasteiger partial charge on any atom is -0.748 e. The van der Waals surface area contributed by atoms with E-state index in [1.807, 2.05) is 13.8 Å². The average Bonchev–Trinajstić information content (AvgIpc) is 2.82. The van der Waals surface area contributed by atoms with E-state index in [-0.39, 0.29) is 33.8 Å². The third kappa shape index (κ3) is 4.57. The molecule has 3 fully saturated rings. The van der Waals surface area contributed by atoms with Crippen LogP contribution in [0.5, 0.6) is 0 Å². The molecule has 2 bridgehead atoms. The third-order valence-corrected chi connectivity index (χ3v) is 9.53. The molecular formula is C18H28O6S2. The highest BCUT2D eigenvalue weighted by molar-refractivity contribution is 7.97. The van der Waals surface area contributed by atoms with Gasteiger partial charge in [0.05, 0.1) is 28.7 Å². The van der Waals surface area contributed by atoms with Crippen molar-refractivity contribution >= 4 is 38.4 Å². The molecule has 6 nitrogen and oxygen atoms in total. The SMILES string of the molecule is CC(=O)C[S+]1CCC(=O)CC1.CC1(C)C2CCC1(CS(=O)(=O)[O-])C(=O)C2. The van der Waals surface area contributed by atoms with Crippen molar-refractivity contribution in [3.8, 4) is 0 Å². The van der Waals surface area contributed by atoms with E-state index in [4.69, 9.17) is 0 Å². The topological polar surface area (TPSA) is 108 Å². The lowest BCUT2D eigenvalue weighted by Gasteiger charge is -2.37. The van der Waals surface area contributed by atoms with E-state index in [0.29, 0.717) is 37.2 Å². The van der Waals surface area contributed by atoms with Gasteiger partial charge in [0.15, 0.2) is 11.5 Å². The van der Waals surface area contributed by atoms with Crippen LogP contribution >= 0.6 is 0 Å². The van der Waals surface area contributed by atoms with E-state index in [0.717, 1.165) is 17.9 Å². The molecule has 0 N–H and O–H groups in total. The van der Waals surface area contributed by atoms with E-state index in [1.54, 1.807) is 6.92 Å². The summed E-state index contributed by atoms with van der Waals surface area (Å²) in [6, 6.07) is 0. The maximum Gasteiger partial charge on any atom is 0.178 e. The highest BCUT2D eigenvalue weighted by Gasteiger charge is 2.64. The molecule has 2 saturated carbocycles. The van der Waals surface area contributed by atoms with Crippen molar-refractivity contribution in [2.45, 2.75) is 52.9 Å². The first-order valence-electron chi connectivity index (χ1n) is 8.99. The summed E-state index contributed by atoms with van der Waals surface area (Å²) in [5.41, 5.74) is -1.22. The summed E-state index contributed by atoms with van der Waals surface area (Å²) in [4.78, 5) is 33.4. The largest absolute Gasteiger partial charge is 0.748 e. The van der Waals surface area contributed by atoms with Gasteiger partial charge in [0.25, 0.3) is 0 Å². The van der Waals surface area contributed by atoms with Crippen molar-refractivity contribution in [1.29, 1.82) is 0 Å². The lowest BCUT2D eigenvalue weighted by Crippen LogP contribution is -2.42. The van der Waals surface area contributed by atoms with Gasteiger partial charge >= 0.3 is 0 Å². The van der Waals surface area contributed by atoms with Gasteiger partial charge < -0.3 is 4.55 Å². The fourth-order valence-corrected chi connectivity index (χ4v) is 7.97. The number of fused-ring (bicyclic) bond motifs is 2. The molecule has 1 heterocycles. The van der Waals surface area contributed by atoms with Crippen LogP contribution in [0.1, 0.15) is 52.9 Å². The molecule has 0 aromatic heterocycles. The molecule has 2 atom stereocenters. The number of hydrogen-bond donors (Lipinski definition) is 0. The van der Waals surface area contributed by atoms with Crippen LogP contribution in [0, 0.1) is 16.7 Å². The van der Waals surface area contributed by atoms with Gasteiger partial charge in [0.2, 0.25) is 0 Å². The molecular weight excluding hydrogens is 376 g/mol. The summed E-state index contributed by atoms with van der Waals surface area (Å²) in [7, 11) is -4.09. The Morgan fingerprint density at radius 2 is 1.81 bits per heavy atom. The highest BCUT2D eigenvalue weighted by Crippen LogP contribution is 2.64. The normalized spacial score (nSPS) is 30.8. The van der Waals surface area contributed by atoms with E-state index in [1.165, 1.54) is 0 Å². The first kappa shape index (κ1) is 21.6. The second kappa shape index (κ2) is 7.72.